The molecule has 9 heteroatoms. The molecule has 0 aliphatic carbocycles. The Morgan fingerprint density at radius 2 is 1.84 bits per heavy atom. The molecule has 0 atom stereocenters. The third-order valence-electron chi connectivity index (χ3n) is 5.39. The Hall–Kier alpha value is -3.85. The molecular weight excluding hydrogens is 408 g/mol. The van der Waals surface area contributed by atoms with Gasteiger partial charge in [-0.3, -0.25) is 0 Å². The molecule has 2 heterocycles. The van der Waals surface area contributed by atoms with Gasteiger partial charge in [0.05, 0.1) is 12.3 Å². The van der Waals surface area contributed by atoms with Crippen molar-refractivity contribution in [3.05, 3.63) is 71.3 Å². The van der Waals surface area contributed by atoms with Crippen molar-refractivity contribution in [3.63, 3.8) is 0 Å². The van der Waals surface area contributed by atoms with E-state index in [9.17, 15) is 15.0 Å². The summed E-state index contributed by atoms with van der Waals surface area (Å²) >= 11 is 0. The number of benzene rings is 2. The van der Waals surface area contributed by atoms with Crippen molar-refractivity contribution in [2.45, 2.75) is 39.3 Å². The average Bonchev–Trinajstić information content (AvgIpc) is 3.47. The van der Waals surface area contributed by atoms with Crippen LogP contribution in [0.4, 0.5) is 0 Å². The highest BCUT2D eigenvalue weighted by Gasteiger charge is 2.21. The van der Waals surface area contributed by atoms with Gasteiger partial charge in [0.1, 0.15) is 5.82 Å². The molecule has 0 bridgehead atoms. The first-order chi connectivity index (χ1) is 15.6. The number of imidazole rings is 1. The van der Waals surface area contributed by atoms with E-state index in [0.717, 1.165) is 35.1 Å². The first-order valence-corrected chi connectivity index (χ1v) is 10.5. The van der Waals surface area contributed by atoms with Crippen LogP contribution in [0.2, 0.25) is 0 Å². The van der Waals surface area contributed by atoms with Crippen LogP contribution in [0.3, 0.4) is 0 Å². The average molecular weight is 432 g/mol. The van der Waals surface area contributed by atoms with E-state index < -0.39 is 5.97 Å². The van der Waals surface area contributed by atoms with Crippen LogP contribution in [0.5, 0.6) is 0 Å². The Kier molecular flexibility index (Phi) is 6.37. The molecule has 0 aliphatic heterocycles. The van der Waals surface area contributed by atoms with Crippen molar-refractivity contribution in [1.29, 1.82) is 0 Å². The maximum absolute atomic E-state index is 11.6. The van der Waals surface area contributed by atoms with Crippen LogP contribution in [0, 0.1) is 0 Å². The molecule has 0 aliphatic rings. The first-order valence-electron chi connectivity index (χ1n) is 10.5. The molecule has 0 unspecified atom stereocenters. The van der Waals surface area contributed by atoms with Gasteiger partial charge in [-0.25, -0.2) is 14.9 Å². The molecule has 32 heavy (non-hydrogen) atoms. The summed E-state index contributed by atoms with van der Waals surface area (Å²) in [6.07, 6.45) is 2.53. The third kappa shape index (κ3) is 4.28. The lowest BCUT2D eigenvalue weighted by Gasteiger charge is -2.12. The summed E-state index contributed by atoms with van der Waals surface area (Å²) in [5.74, 6) is 0.150. The van der Waals surface area contributed by atoms with Gasteiger partial charge in [0.2, 0.25) is 0 Å². The van der Waals surface area contributed by atoms with Gasteiger partial charge in [0.25, 0.3) is 0 Å². The fourth-order valence-electron chi connectivity index (χ4n) is 3.77. The van der Waals surface area contributed by atoms with E-state index in [2.05, 4.69) is 32.5 Å². The van der Waals surface area contributed by atoms with Gasteiger partial charge in [-0.05, 0) is 33.5 Å². The zero-order chi connectivity index (χ0) is 22.5. The van der Waals surface area contributed by atoms with Crippen molar-refractivity contribution in [2.24, 2.45) is 0 Å². The van der Waals surface area contributed by atoms with E-state index in [0.29, 0.717) is 30.3 Å². The van der Waals surface area contributed by atoms with Crippen LogP contribution in [-0.2, 0) is 19.6 Å². The lowest BCUT2D eigenvalue weighted by molar-refractivity contribution is 0.0686. The molecule has 4 aromatic rings. The van der Waals surface area contributed by atoms with Crippen LogP contribution in [-0.4, -0.2) is 46.4 Å². The summed E-state index contributed by atoms with van der Waals surface area (Å²) < 4.78 is 1.82. The standard InChI is InChI=1S/C23H24N6O3/c1-2-3-8-20-24-21(23(31)32)19(14-30)29(20)13-15-9-11-16(12-10-15)17-6-4-5-7-18(17)22-25-27-28-26-22/h4-7,9-12,30H,2-3,8,13-14H2,1H3,(H,31,32)(H,25,26,27,28). The summed E-state index contributed by atoms with van der Waals surface area (Å²) in [5, 5.41) is 33.5. The zero-order valence-electron chi connectivity index (χ0n) is 17.7. The molecule has 0 fully saturated rings. The molecule has 9 nitrogen and oxygen atoms in total. The van der Waals surface area contributed by atoms with Crippen molar-refractivity contribution >= 4 is 5.97 Å². The predicted molar refractivity (Wildman–Crippen MR) is 118 cm³/mol. The van der Waals surface area contributed by atoms with Gasteiger partial charge < -0.3 is 14.8 Å². The van der Waals surface area contributed by atoms with E-state index in [1.54, 1.807) is 0 Å². The monoisotopic (exact) mass is 432 g/mol. The van der Waals surface area contributed by atoms with Crippen LogP contribution >= 0.6 is 0 Å². The Balaban J connectivity index is 1.65. The molecule has 0 radical (unpaired) electrons. The number of nitrogens with one attached hydrogen (secondary N) is 1. The number of hydrogen-bond donors (Lipinski definition) is 3. The summed E-state index contributed by atoms with van der Waals surface area (Å²) in [6, 6.07) is 15.9. The van der Waals surface area contributed by atoms with E-state index in [1.165, 1.54) is 0 Å². The second-order valence-corrected chi connectivity index (χ2v) is 7.47. The fraction of sp³-hybridized carbons (Fsp3) is 0.261. The lowest BCUT2D eigenvalue weighted by Crippen LogP contribution is -2.10. The number of hydrogen-bond acceptors (Lipinski definition) is 6. The molecule has 0 saturated carbocycles. The topological polar surface area (TPSA) is 130 Å². The summed E-state index contributed by atoms with van der Waals surface area (Å²) in [5.41, 5.74) is 4.13. The zero-order valence-corrected chi connectivity index (χ0v) is 17.7. The number of nitrogens with zero attached hydrogens (tertiary/aromatic N) is 5. The Labute approximate surface area is 184 Å². The minimum absolute atomic E-state index is 0.0789. The minimum atomic E-state index is -1.13. The van der Waals surface area contributed by atoms with Gasteiger partial charge in [-0.2, -0.15) is 0 Å². The highest BCUT2D eigenvalue weighted by molar-refractivity contribution is 5.87. The number of aliphatic hydroxyl groups is 1. The predicted octanol–water partition coefficient (Wildman–Crippen LogP) is 3.31. The molecule has 164 valence electrons. The molecule has 3 N–H and O–H groups in total. The number of unbranched alkanes of at least 4 members (excludes halogenated alkanes) is 1. The summed E-state index contributed by atoms with van der Waals surface area (Å²) in [4.78, 5) is 15.9. The summed E-state index contributed by atoms with van der Waals surface area (Å²) in [7, 11) is 0. The molecule has 0 amide bonds. The number of carbonyl (C=O) groups is 1. The third-order valence-corrected chi connectivity index (χ3v) is 5.39. The highest BCUT2D eigenvalue weighted by atomic mass is 16.4. The van der Waals surface area contributed by atoms with E-state index >= 15 is 0 Å². The number of aromatic carboxylic acids is 1. The largest absolute Gasteiger partial charge is 0.476 e. The molecule has 0 saturated heterocycles. The maximum atomic E-state index is 11.6. The van der Waals surface area contributed by atoms with E-state index in [-0.39, 0.29) is 12.3 Å². The van der Waals surface area contributed by atoms with Crippen molar-refractivity contribution in [2.75, 3.05) is 0 Å². The Morgan fingerprint density at radius 3 is 2.47 bits per heavy atom. The van der Waals surface area contributed by atoms with Gasteiger partial charge in [0.15, 0.2) is 11.5 Å². The highest BCUT2D eigenvalue weighted by Crippen LogP contribution is 2.30. The normalized spacial score (nSPS) is 11.1. The van der Waals surface area contributed by atoms with Gasteiger partial charge in [-0.1, -0.05) is 61.9 Å². The molecule has 2 aromatic heterocycles. The Bertz CT molecular complexity index is 1200. The van der Waals surface area contributed by atoms with Crippen molar-refractivity contribution < 1.29 is 15.0 Å². The second-order valence-electron chi connectivity index (χ2n) is 7.47. The first kappa shape index (κ1) is 21.4. The van der Waals surface area contributed by atoms with Gasteiger partial charge in [0, 0.05) is 18.5 Å². The second kappa shape index (κ2) is 9.52. The Morgan fingerprint density at radius 1 is 1.09 bits per heavy atom. The van der Waals surface area contributed by atoms with E-state index in [4.69, 9.17) is 0 Å². The minimum Gasteiger partial charge on any atom is -0.476 e. The van der Waals surface area contributed by atoms with E-state index in [1.807, 2.05) is 53.1 Å². The number of rotatable bonds is 9. The number of carboxylic acid groups (broad SMARTS) is 1. The molecule has 2 aromatic carbocycles. The molecular formula is C23H24N6O3. The van der Waals surface area contributed by atoms with Crippen molar-refractivity contribution in [1.82, 2.24) is 30.2 Å². The lowest BCUT2D eigenvalue weighted by atomic mass is 9.98. The van der Waals surface area contributed by atoms with Crippen LogP contribution in [0.25, 0.3) is 22.5 Å². The molecule has 4 rings (SSSR count). The number of aromatic amines is 1. The number of carboxylic acids is 1. The fourth-order valence-corrected chi connectivity index (χ4v) is 3.77. The number of aliphatic hydroxyl groups excluding tert-OH is 1. The smallest absolute Gasteiger partial charge is 0.356 e. The molecule has 0 spiro atoms. The number of aromatic nitrogens is 6. The van der Waals surface area contributed by atoms with Crippen LogP contribution in [0.15, 0.2) is 48.5 Å². The SMILES string of the molecule is CCCCc1nc(C(=O)O)c(CO)n1Cc1ccc(-c2ccccc2-c2nnn[nH]2)cc1. The van der Waals surface area contributed by atoms with Crippen LogP contribution < -0.4 is 0 Å². The quantitative estimate of drug-likeness (QED) is 0.370. The van der Waals surface area contributed by atoms with Gasteiger partial charge in [-0.15, -0.1) is 5.10 Å². The maximum Gasteiger partial charge on any atom is 0.356 e. The number of H-pyrrole nitrogens is 1. The number of aryl methyl sites for hydroxylation is 1. The van der Waals surface area contributed by atoms with Gasteiger partial charge >= 0.3 is 5.97 Å². The van der Waals surface area contributed by atoms with Crippen molar-refractivity contribution in [3.8, 4) is 22.5 Å². The summed E-state index contributed by atoms with van der Waals surface area (Å²) in [6.45, 7) is 2.13. The number of tetrazole rings is 1. The van der Waals surface area contributed by atoms with Crippen LogP contribution in [0.1, 0.15) is 47.3 Å².